The van der Waals surface area contributed by atoms with Gasteiger partial charge in [0.05, 0.1) is 22.5 Å². The number of nitrogen functional groups attached to an aromatic ring is 2. The molecule has 0 spiro atoms. The number of fused-ring (bicyclic) bond motifs is 1. The molecule has 0 unspecified atom stereocenters. The summed E-state index contributed by atoms with van der Waals surface area (Å²) >= 11 is 0. The lowest BCUT2D eigenvalue weighted by Crippen LogP contribution is -2.30. The number of nitrogens with zero attached hydrogens (tertiary/aromatic N) is 2. The molecule has 37 heavy (non-hydrogen) atoms. The van der Waals surface area contributed by atoms with Crippen LogP contribution in [0.1, 0.15) is 22.8 Å². The minimum Gasteiger partial charge on any atom is -0.399 e. The summed E-state index contributed by atoms with van der Waals surface area (Å²) in [6, 6.07) is 13.4. The molecule has 0 fully saturated rings. The van der Waals surface area contributed by atoms with Gasteiger partial charge in [-0.3, -0.25) is 14.3 Å². The third kappa shape index (κ3) is 5.09. The number of nitrogens with two attached hydrogens (primary N) is 2. The van der Waals surface area contributed by atoms with E-state index in [9.17, 15) is 22.4 Å². The zero-order valence-corrected chi connectivity index (χ0v) is 20.9. The first kappa shape index (κ1) is 25.6. The molecule has 0 aliphatic rings. The first-order chi connectivity index (χ1) is 17.5. The van der Waals surface area contributed by atoms with Crippen LogP contribution in [0.4, 0.5) is 21.6 Å². The molecule has 2 heterocycles. The average Bonchev–Trinajstić information content (AvgIpc) is 2.84. The first-order valence-electron chi connectivity index (χ1n) is 11.2. The van der Waals surface area contributed by atoms with E-state index in [0.29, 0.717) is 29.1 Å². The van der Waals surface area contributed by atoms with E-state index in [1.54, 1.807) is 25.1 Å². The Morgan fingerprint density at radius 2 is 1.86 bits per heavy atom. The second-order valence-electron chi connectivity index (χ2n) is 8.28. The molecule has 2 aromatic carbocycles. The quantitative estimate of drug-likeness (QED) is 0.270. The maximum absolute atomic E-state index is 14.9. The van der Waals surface area contributed by atoms with Gasteiger partial charge >= 0.3 is 0 Å². The number of pyridine rings is 2. The highest BCUT2D eigenvalue weighted by molar-refractivity contribution is 7.91. The Balaban J connectivity index is 1.69. The molecule has 4 rings (SSSR count). The van der Waals surface area contributed by atoms with Crippen LogP contribution in [-0.4, -0.2) is 30.9 Å². The number of rotatable bonds is 7. The maximum Gasteiger partial charge on any atom is 0.258 e. The number of benzene rings is 2. The normalized spacial score (nSPS) is 11.4. The van der Waals surface area contributed by atoms with Crippen LogP contribution in [0.15, 0.2) is 59.4 Å². The van der Waals surface area contributed by atoms with E-state index in [1.807, 2.05) is 0 Å². The zero-order chi connectivity index (χ0) is 26.9. The molecule has 0 saturated heterocycles. The van der Waals surface area contributed by atoms with Gasteiger partial charge in [-0.1, -0.05) is 18.2 Å². The van der Waals surface area contributed by atoms with Crippen molar-refractivity contribution in [2.24, 2.45) is 0 Å². The van der Waals surface area contributed by atoms with E-state index in [1.165, 1.54) is 41.9 Å². The molecular formula is C25H25FN6O4S. The highest BCUT2D eigenvalue weighted by Gasteiger charge is 2.21. The highest BCUT2D eigenvalue weighted by atomic mass is 32.2. The van der Waals surface area contributed by atoms with Crippen LogP contribution in [0.5, 0.6) is 0 Å². The first-order valence-corrected chi connectivity index (χ1v) is 12.9. The van der Waals surface area contributed by atoms with Crippen molar-refractivity contribution in [1.82, 2.24) is 14.9 Å². The Kier molecular flexibility index (Phi) is 6.86. The number of anilines is 3. The van der Waals surface area contributed by atoms with Gasteiger partial charge in [-0.2, -0.15) is 0 Å². The standard InChI is InChI=1S/C25H25FN6O4S/c1-3-32-23(28)21(25(34)29-2)22(33)17-8-10-19(30-24(17)32)15-7-9-20(18(26)12-15)31-37(35,36)13-14-5-4-6-16(27)11-14/h4-12,31H,3,13,27-28H2,1-2H3,(H,29,34). The minimum atomic E-state index is -3.91. The number of hydrogen-bond donors (Lipinski definition) is 4. The van der Waals surface area contributed by atoms with Gasteiger partial charge in [-0.05, 0) is 48.9 Å². The number of carbonyl (C=O) groups excluding carboxylic acids is 1. The van der Waals surface area contributed by atoms with Crippen molar-refractivity contribution >= 4 is 44.2 Å². The topological polar surface area (TPSA) is 162 Å². The van der Waals surface area contributed by atoms with Gasteiger partial charge in [0, 0.05) is 24.8 Å². The summed E-state index contributed by atoms with van der Waals surface area (Å²) in [6.07, 6.45) is 0. The van der Waals surface area contributed by atoms with Crippen LogP contribution in [0.25, 0.3) is 22.3 Å². The van der Waals surface area contributed by atoms with Gasteiger partial charge in [0.25, 0.3) is 5.91 Å². The smallest absolute Gasteiger partial charge is 0.258 e. The molecule has 0 atom stereocenters. The van der Waals surface area contributed by atoms with Crippen molar-refractivity contribution in [1.29, 1.82) is 0 Å². The molecular weight excluding hydrogens is 499 g/mol. The lowest BCUT2D eigenvalue weighted by Gasteiger charge is -2.16. The molecule has 0 aliphatic carbocycles. The van der Waals surface area contributed by atoms with Crippen LogP contribution in [0, 0.1) is 5.82 Å². The molecule has 6 N–H and O–H groups in total. The van der Waals surface area contributed by atoms with Crippen LogP contribution >= 0.6 is 0 Å². The third-order valence-corrected chi connectivity index (χ3v) is 7.00. The van der Waals surface area contributed by atoms with Crippen LogP contribution in [0.2, 0.25) is 0 Å². The fourth-order valence-corrected chi connectivity index (χ4v) is 5.21. The number of halogens is 1. The number of nitrogens with one attached hydrogen (secondary N) is 2. The molecule has 12 heteroatoms. The monoisotopic (exact) mass is 524 g/mol. The van der Waals surface area contributed by atoms with Crippen molar-refractivity contribution in [3.63, 3.8) is 0 Å². The van der Waals surface area contributed by atoms with E-state index in [2.05, 4.69) is 15.0 Å². The minimum absolute atomic E-state index is 0.0277. The van der Waals surface area contributed by atoms with Gasteiger partial charge in [0.15, 0.2) is 0 Å². The second kappa shape index (κ2) is 9.90. The van der Waals surface area contributed by atoms with E-state index in [4.69, 9.17) is 11.5 Å². The lowest BCUT2D eigenvalue weighted by atomic mass is 10.1. The molecule has 0 radical (unpaired) electrons. The zero-order valence-electron chi connectivity index (χ0n) is 20.1. The van der Waals surface area contributed by atoms with Crippen LogP contribution in [-0.2, 0) is 22.3 Å². The fraction of sp³-hybridized carbons (Fsp3) is 0.160. The van der Waals surface area contributed by atoms with Crippen molar-refractivity contribution < 1.29 is 17.6 Å². The summed E-state index contributed by atoms with van der Waals surface area (Å²) in [7, 11) is -2.51. The molecule has 192 valence electrons. The van der Waals surface area contributed by atoms with Gasteiger partial charge in [0.2, 0.25) is 15.5 Å². The molecule has 1 amide bonds. The van der Waals surface area contributed by atoms with E-state index in [-0.39, 0.29) is 33.9 Å². The van der Waals surface area contributed by atoms with E-state index in [0.717, 1.165) is 6.07 Å². The van der Waals surface area contributed by atoms with Crippen molar-refractivity contribution in [2.75, 3.05) is 23.2 Å². The van der Waals surface area contributed by atoms with Gasteiger partial charge in [0.1, 0.15) is 22.8 Å². The summed E-state index contributed by atoms with van der Waals surface area (Å²) in [6.45, 7) is 2.11. The van der Waals surface area contributed by atoms with Crippen molar-refractivity contribution in [3.8, 4) is 11.3 Å². The van der Waals surface area contributed by atoms with Gasteiger partial charge in [-0.15, -0.1) is 0 Å². The summed E-state index contributed by atoms with van der Waals surface area (Å²) in [5.41, 5.74) is 12.7. The average molecular weight is 525 g/mol. The summed E-state index contributed by atoms with van der Waals surface area (Å²) in [4.78, 5) is 29.6. The second-order valence-corrected chi connectivity index (χ2v) is 10.0. The Labute approximate surface area is 212 Å². The molecule has 0 bridgehead atoms. The fourth-order valence-electron chi connectivity index (χ4n) is 4.02. The predicted octanol–water partition coefficient (Wildman–Crippen LogP) is 2.69. The van der Waals surface area contributed by atoms with Crippen molar-refractivity contribution in [3.05, 3.63) is 81.8 Å². The van der Waals surface area contributed by atoms with E-state index < -0.39 is 27.2 Å². The SMILES string of the molecule is CCn1c(N)c(C(=O)NC)c(=O)c2ccc(-c3ccc(NS(=O)(=O)Cc4cccc(N)c4)c(F)c3)nc21. The van der Waals surface area contributed by atoms with Crippen LogP contribution < -0.4 is 26.9 Å². The predicted molar refractivity (Wildman–Crippen MR) is 142 cm³/mol. The Morgan fingerprint density at radius 3 is 2.51 bits per heavy atom. The lowest BCUT2D eigenvalue weighted by molar-refractivity contribution is 0.0962. The highest BCUT2D eigenvalue weighted by Crippen LogP contribution is 2.27. The number of aryl methyl sites for hydroxylation is 1. The number of carbonyl (C=O) groups is 1. The Morgan fingerprint density at radius 1 is 1.11 bits per heavy atom. The molecule has 10 nitrogen and oxygen atoms in total. The molecule has 4 aromatic rings. The molecule has 0 saturated carbocycles. The number of amides is 1. The van der Waals surface area contributed by atoms with Gasteiger partial charge < -0.3 is 21.4 Å². The summed E-state index contributed by atoms with van der Waals surface area (Å²) < 4.78 is 43.8. The Bertz CT molecular complexity index is 1700. The van der Waals surface area contributed by atoms with Gasteiger partial charge in [-0.25, -0.2) is 17.8 Å². The summed E-state index contributed by atoms with van der Waals surface area (Å²) in [5, 5.41) is 2.60. The van der Waals surface area contributed by atoms with Crippen LogP contribution in [0.3, 0.4) is 0 Å². The number of aromatic nitrogens is 2. The largest absolute Gasteiger partial charge is 0.399 e. The summed E-state index contributed by atoms with van der Waals surface area (Å²) in [5.74, 6) is -1.82. The Hall–Kier alpha value is -4.45. The number of hydrogen-bond acceptors (Lipinski definition) is 7. The van der Waals surface area contributed by atoms with E-state index >= 15 is 0 Å². The molecule has 2 aromatic heterocycles. The number of sulfonamides is 1. The third-order valence-electron chi connectivity index (χ3n) is 5.76. The van der Waals surface area contributed by atoms with Crippen molar-refractivity contribution in [2.45, 2.75) is 19.2 Å². The maximum atomic E-state index is 14.9. The molecule has 0 aliphatic heterocycles.